The second-order valence-corrected chi connectivity index (χ2v) is 6.00. The van der Waals surface area contributed by atoms with Crippen molar-refractivity contribution >= 4 is 27.5 Å². The van der Waals surface area contributed by atoms with E-state index in [0.29, 0.717) is 6.04 Å². The third kappa shape index (κ3) is 4.99. The molecule has 1 aromatic carbocycles. The Morgan fingerprint density at radius 3 is 2.65 bits per heavy atom. The van der Waals surface area contributed by atoms with Crippen molar-refractivity contribution < 1.29 is 0 Å². The summed E-state index contributed by atoms with van der Waals surface area (Å²) in [5.74, 6) is 0.752. The zero-order valence-electron chi connectivity index (χ0n) is 10.8. The van der Waals surface area contributed by atoms with E-state index in [0.717, 1.165) is 21.8 Å². The van der Waals surface area contributed by atoms with E-state index in [4.69, 9.17) is 11.6 Å². The van der Waals surface area contributed by atoms with Crippen molar-refractivity contribution in [3.05, 3.63) is 33.3 Å². The minimum atomic E-state index is 0.503. The van der Waals surface area contributed by atoms with Crippen molar-refractivity contribution in [2.75, 3.05) is 7.05 Å². The summed E-state index contributed by atoms with van der Waals surface area (Å²) in [5.41, 5.74) is 1.22. The molecular formula is C14H21BrClN. The van der Waals surface area contributed by atoms with Crippen LogP contribution in [0.5, 0.6) is 0 Å². The zero-order valence-corrected chi connectivity index (χ0v) is 13.1. The predicted molar refractivity (Wildman–Crippen MR) is 79.8 cm³/mol. The van der Waals surface area contributed by atoms with Crippen LogP contribution in [0.15, 0.2) is 22.7 Å². The summed E-state index contributed by atoms with van der Waals surface area (Å²) in [6.45, 7) is 4.54. The Morgan fingerprint density at radius 2 is 2.12 bits per heavy atom. The minimum absolute atomic E-state index is 0.503. The third-order valence-electron chi connectivity index (χ3n) is 3.27. The van der Waals surface area contributed by atoms with Gasteiger partial charge in [0.25, 0.3) is 0 Å². The molecular weight excluding hydrogens is 298 g/mol. The van der Waals surface area contributed by atoms with Crippen LogP contribution in [0.2, 0.25) is 5.02 Å². The van der Waals surface area contributed by atoms with Crippen molar-refractivity contribution in [1.82, 2.24) is 5.32 Å². The number of benzene rings is 1. The van der Waals surface area contributed by atoms with Crippen LogP contribution in [-0.4, -0.2) is 13.1 Å². The molecule has 0 saturated carbocycles. The molecule has 17 heavy (non-hydrogen) atoms. The molecule has 1 rings (SSSR count). The minimum Gasteiger partial charge on any atom is -0.317 e. The van der Waals surface area contributed by atoms with Crippen LogP contribution in [0.25, 0.3) is 0 Å². The highest BCUT2D eigenvalue weighted by atomic mass is 79.9. The third-order valence-corrected chi connectivity index (χ3v) is 4.12. The Hall–Kier alpha value is -0.0500. The molecule has 0 aliphatic heterocycles. The number of rotatable bonds is 6. The van der Waals surface area contributed by atoms with E-state index in [1.807, 2.05) is 13.1 Å². The first-order chi connectivity index (χ1) is 8.06. The lowest BCUT2D eigenvalue weighted by molar-refractivity contribution is 0.410. The van der Waals surface area contributed by atoms with Gasteiger partial charge >= 0.3 is 0 Å². The highest BCUT2D eigenvalue weighted by Gasteiger charge is 2.12. The van der Waals surface area contributed by atoms with Gasteiger partial charge in [-0.3, -0.25) is 0 Å². The summed E-state index contributed by atoms with van der Waals surface area (Å²) < 4.78 is 1.04. The molecule has 0 aliphatic carbocycles. The molecule has 0 aromatic heterocycles. The van der Waals surface area contributed by atoms with Gasteiger partial charge in [0.2, 0.25) is 0 Å². The molecule has 0 bridgehead atoms. The van der Waals surface area contributed by atoms with Crippen LogP contribution in [0.3, 0.4) is 0 Å². The molecule has 0 radical (unpaired) electrons. The molecule has 96 valence electrons. The molecule has 2 unspecified atom stereocenters. The maximum Gasteiger partial charge on any atom is 0.0449 e. The Labute approximate surface area is 118 Å². The normalized spacial score (nSPS) is 14.6. The van der Waals surface area contributed by atoms with Gasteiger partial charge < -0.3 is 5.32 Å². The predicted octanol–water partition coefficient (Wildman–Crippen LogP) is 4.67. The summed E-state index contributed by atoms with van der Waals surface area (Å²) in [6.07, 6.45) is 3.42. The van der Waals surface area contributed by atoms with Crippen LogP contribution >= 0.6 is 27.5 Å². The smallest absolute Gasteiger partial charge is 0.0449 e. The van der Waals surface area contributed by atoms with E-state index in [-0.39, 0.29) is 0 Å². The van der Waals surface area contributed by atoms with E-state index in [2.05, 4.69) is 47.2 Å². The molecule has 1 N–H and O–H groups in total. The fourth-order valence-corrected chi connectivity index (χ4v) is 2.66. The van der Waals surface area contributed by atoms with E-state index in [1.54, 1.807) is 0 Å². The van der Waals surface area contributed by atoms with Crippen LogP contribution in [0, 0.1) is 5.92 Å². The maximum absolute atomic E-state index is 6.24. The van der Waals surface area contributed by atoms with E-state index < -0.39 is 0 Å². The summed E-state index contributed by atoms with van der Waals surface area (Å²) >= 11 is 9.67. The van der Waals surface area contributed by atoms with Gasteiger partial charge in [-0.2, -0.15) is 0 Å². The number of nitrogens with one attached hydrogen (secondary N) is 1. The Balaban J connectivity index is 2.67. The molecule has 0 saturated heterocycles. The number of hydrogen-bond acceptors (Lipinski definition) is 1. The first-order valence-electron chi connectivity index (χ1n) is 6.18. The summed E-state index contributed by atoms with van der Waals surface area (Å²) in [7, 11) is 2.03. The van der Waals surface area contributed by atoms with Gasteiger partial charge in [0.15, 0.2) is 0 Å². The number of likely N-dealkylation sites (N-methyl/N-ethyl adjacent to an activating group) is 1. The van der Waals surface area contributed by atoms with Gasteiger partial charge in [0, 0.05) is 15.5 Å². The van der Waals surface area contributed by atoms with Crippen LogP contribution in [0.4, 0.5) is 0 Å². The standard InChI is InChI=1S/C14H21BrClN/c1-4-10(2)7-13(17-3)8-11-5-6-12(15)9-14(11)16/h5-6,9-10,13,17H,4,7-8H2,1-3H3. The second kappa shape index (κ2) is 7.40. The number of hydrogen-bond donors (Lipinski definition) is 1. The van der Waals surface area contributed by atoms with Crippen LogP contribution < -0.4 is 5.32 Å². The molecule has 0 amide bonds. The van der Waals surface area contributed by atoms with Crippen LogP contribution in [-0.2, 0) is 6.42 Å². The number of halogens is 2. The lowest BCUT2D eigenvalue weighted by Crippen LogP contribution is -2.29. The van der Waals surface area contributed by atoms with Gasteiger partial charge in [-0.25, -0.2) is 0 Å². The lowest BCUT2D eigenvalue weighted by atomic mass is 9.95. The van der Waals surface area contributed by atoms with Crippen molar-refractivity contribution in [3.63, 3.8) is 0 Å². The monoisotopic (exact) mass is 317 g/mol. The molecule has 0 fully saturated rings. The molecule has 1 nitrogen and oxygen atoms in total. The molecule has 1 aromatic rings. The van der Waals surface area contributed by atoms with Gasteiger partial charge in [0.05, 0.1) is 0 Å². The highest BCUT2D eigenvalue weighted by Crippen LogP contribution is 2.23. The molecule has 0 spiro atoms. The Kier molecular flexibility index (Phi) is 6.53. The van der Waals surface area contributed by atoms with Gasteiger partial charge in [0.1, 0.15) is 0 Å². The summed E-state index contributed by atoms with van der Waals surface area (Å²) in [6, 6.07) is 6.63. The van der Waals surface area contributed by atoms with Gasteiger partial charge in [-0.15, -0.1) is 0 Å². The first-order valence-corrected chi connectivity index (χ1v) is 7.35. The van der Waals surface area contributed by atoms with Crippen LogP contribution in [0.1, 0.15) is 32.3 Å². The Bertz CT molecular complexity index is 354. The van der Waals surface area contributed by atoms with E-state index in [1.165, 1.54) is 18.4 Å². The maximum atomic E-state index is 6.24. The van der Waals surface area contributed by atoms with Crippen molar-refractivity contribution in [1.29, 1.82) is 0 Å². The fourth-order valence-electron chi connectivity index (χ4n) is 1.91. The first kappa shape index (κ1) is 15.0. The second-order valence-electron chi connectivity index (χ2n) is 4.67. The van der Waals surface area contributed by atoms with Gasteiger partial charge in [-0.1, -0.05) is 53.9 Å². The topological polar surface area (TPSA) is 12.0 Å². The van der Waals surface area contributed by atoms with Crippen molar-refractivity contribution in [3.8, 4) is 0 Å². The molecule has 2 atom stereocenters. The molecule has 3 heteroatoms. The highest BCUT2D eigenvalue weighted by molar-refractivity contribution is 9.10. The van der Waals surface area contributed by atoms with E-state index >= 15 is 0 Å². The zero-order chi connectivity index (χ0) is 12.8. The van der Waals surface area contributed by atoms with Gasteiger partial charge in [-0.05, 0) is 43.5 Å². The Morgan fingerprint density at radius 1 is 1.41 bits per heavy atom. The molecule has 0 aliphatic rings. The summed E-state index contributed by atoms with van der Waals surface area (Å²) in [4.78, 5) is 0. The lowest BCUT2D eigenvalue weighted by Gasteiger charge is -2.20. The average Bonchev–Trinajstić information content (AvgIpc) is 2.31. The molecule has 0 heterocycles. The SMILES string of the molecule is CCC(C)CC(Cc1ccc(Br)cc1Cl)NC. The van der Waals surface area contributed by atoms with Crippen molar-refractivity contribution in [2.24, 2.45) is 5.92 Å². The average molecular weight is 319 g/mol. The largest absolute Gasteiger partial charge is 0.317 e. The summed E-state index contributed by atoms with van der Waals surface area (Å²) in [5, 5.41) is 4.24. The van der Waals surface area contributed by atoms with E-state index in [9.17, 15) is 0 Å². The quantitative estimate of drug-likeness (QED) is 0.803. The fraction of sp³-hybridized carbons (Fsp3) is 0.571. The van der Waals surface area contributed by atoms with Crippen molar-refractivity contribution in [2.45, 2.75) is 39.2 Å².